The second-order valence-electron chi connectivity index (χ2n) is 0.695. The maximum absolute atomic E-state index is 10.8. The first-order valence-electron chi connectivity index (χ1n) is 1.33. The molecule has 0 rings (SSSR count). The molecule has 0 fully saturated rings. The third-order valence-electron chi connectivity index (χ3n) is 0.227. The van der Waals surface area contributed by atoms with Gasteiger partial charge in [-0.05, 0) is 0 Å². The van der Waals surface area contributed by atoms with Crippen LogP contribution in [0.2, 0.25) is 0 Å². The summed E-state index contributed by atoms with van der Waals surface area (Å²) in [4.78, 5) is 9.49. The number of halogens is 1. The molecule has 0 aromatic rings. The first-order valence-corrected chi connectivity index (χ1v) is 1.33. The average molecular weight is 89.1 g/mol. The van der Waals surface area contributed by atoms with Gasteiger partial charge in [0.05, 0.1) is 6.33 Å². The monoisotopic (exact) mass is 89.0 g/mol. The molecule has 1 amide bonds. The normalized spacial score (nSPS) is 9.50. The van der Waals surface area contributed by atoms with E-state index >= 15 is 0 Å². The van der Waals surface area contributed by atoms with Crippen LogP contribution in [0.25, 0.3) is 0 Å². The number of amides is 1. The minimum atomic E-state index is -0.766. The quantitative estimate of drug-likeness (QED) is 0.450. The van der Waals surface area contributed by atoms with Crippen LogP contribution in [0, 0.1) is 0 Å². The van der Waals surface area contributed by atoms with E-state index in [4.69, 9.17) is 0 Å². The molecule has 0 bridgehead atoms. The molecule has 6 heavy (non-hydrogen) atoms. The molecule has 0 spiro atoms. The first kappa shape index (κ1) is 5.14. The van der Waals surface area contributed by atoms with Crippen molar-refractivity contribution in [2.75, 3.05) is 0 Å². The summed E-state index contributed by atoms with van der Waals surface area (Å²) in [5.74, 6) is -0.766. The van der Waals surface area contributed by atoms with Crippen LogP contribution in [0.4, 0.5) is 4.39 Å². The largest absolute Gasteiger partial charge is 0.366 e. The van der Waals surface area contributed by atoms with Gasteiger partial charge in [-0.25, -0.2) is 4.39 Å². The Kier molecular flexibility index (Phi) is 2.04. The summed E-state index contributed by atoms with van der Waals surface area (Å²) in [6, 6.07) is 0. The van der Waals surface area contributed by atoms with Gasteiger partial charge in [0.1, 0.15) is 0 Å². The number of carbonyl (C=O) groups is 1. The Hall–Kier alpha value is -0.860. The molecule has 0 aliphatic rings. The molecular weight excluding hydrogens is 85.0 g/mol. The van der Waals surface area contributed by atoms with Crippen LogP contribution < -0.4 is 5.73 Å². The van der Waals surface area contributed by atoms with Gasteiger partial charge in [0.2, 0.25) is 5.91 Å². The predicted octanol–water partition coefficient (Wildman–Crippen LogP) is -0.0451. The summed E-state index contributed by atoms with van der Waals surface area (Å²) in [6.07, 6.45) is 0.738. The number of nitrogens with two attached hydrogens (primary N) is 1. The second-order valence-corrected chi connectivity index (χ2v) is 0.695. The second kappa shape index (κ2) is 2.38. The van der Waals surface area contributed by atoms with Crippen LogP contribution in [0.5, 0.6) is 0 Å². The Morgan fingerprint density at radius 3 is 2.33 bits per heavy atom. The van der Waals surface area contributed by atoms with E-state index in [0.29, 0.717) is 6.08 Å². The molecular formula is C3H4FNO. The molecule has 0 radical (unpaired) electrons. The van der Waals surface area contributed by atoms with Crippen molar-refractivity contribution in [1.29, 1.82) is 0 Å². The highest BCUT2D eigenvalue weighted by Gasteiger charge is 1.75. The van der Waals surface area contributed by atoms with Crippen molar-refractivity contribution in [3.8, 4) is 0 Å². The number of hydrogen-bond donors (Lipinski definition) is 1. The summed E-state index contributed by atoms with van der Waals surface area (Å²) in [5.41, 5.74) is 4.44. The van der Waals surface area contributed by atoms with Crippen LogP contribution in [0.1, 0.15) is 0 Å². The Balaban J connectivity index is 3.30. The van der Waals surface area contributed by atoms with Gasteiger partial charge in [0.15, 0.2) is 0 Å². The zero-order valence-corrected chi connectivity index (χ0v) is 3.02. The Morgan fingerprint density at radius 1 is 1.83 bits per heavy atom. The lowest BCUT2D eigenvalue weighted by Crippen LogP contribution is -2.04. The highest BCUT2D eigenvalue weighted by Crippen LogP contribution is 1.66. The summed E-state index contributed by atoms with van der Waals surface area (Å²) < 4.78 is 10.8. The van der Waals surface area contributed by atoms with Gasteiger partial charge in [-0.2, -0.15) is 0 Å². The maximum Gasteiger partial charge on any atom is 0.243 e. The fourth-order valence-electron chi connectivity index (χ4n) is 0.0621. The number of rotatable bonds is 1. The first-order chi connectivity index (χ1) is 2.77. The molecule has 0 atom stereocenters. The maximum atomic E-state index is 10.8. The molecule has 0 aromatic heterocycles. The lowest BCUT2D eigenvalue weighted by atomic mass is 10.6. The fraction of sp³-hybridized carbons (Fsp3) is 0. The van der Waals surface area contributed by atoms with Crippen molar-refractivity contribution in [1.82, 2.24) is 0 Å². The highest BCUT2D eigenvalue weighted by atomic mass is 19.1. The molecule has 2 nitrogen and oxygen atoms in total. The van der Waals surface area contributed by atoms with Crippen molar-refractivity contribution < 1.29 is 9.18 Å². The van der Waals surface area contributed by atoms with Gasteiger partial charge in [-0.15, -0.1) is 0 Å². The van der Waals surface area contributed by atoms with E-state index in [1.54, 1.807) is 0 Å². The summed E-state index contributed by atoms with van der Waals surface area (Å²) in [7, 11) is 0. The van der Waals surface area contributed by atoms with E-state index < -0.39 is 5.91 Å². The Morgan fingerprint density at radius 2 is 2.33 bits per heavy atom. The average Bonchev–Trinajstić information content (AvgIpc) is 1.35. The fourth-order valence-corrected chi connectivity index (χ4v) is 0.0621. The van der Waals surface area contributed by atoms with Crippen LogP contribution in [0.3, 0.4) is 0 Å². The van der Waals surface area contributed by atoms with Crippen molar-refractivity contribution in [3.63, 3.8) is 0 Å². The van der Waals surface area contributed by atoms with E-state index in [2.05, 4.69) is 5.73 Å². The number of primary amides is 1. The van der Waals surface area contributed by atoms with Crippen molar-refractivity contribution in [2.45, 2.75) is 0 Å². The summed E-state index contributed by atoms with van der Waals surface area (Å²) in [5, 5.41) is 0. The lowest BCUT2D eigenvalue weighted by molar-refractivity contribution is -0.113. The molecule has 0 aliphatic carbocycles. The topological polar surface area (TPSA) is 43.1 Å². The van der Waals surface area contributed by atoms with Gasteiger partial charge < -0.3 is 5.73 Å². The van der Waals surface area contributed by atoms with Crippen molar-refractivity contribution >= 4 is 5.91 Å². The van der Waals surface area contributed by atoms with Crippen LogP contribution in [-0.4, -0.2) is 5.91 Å². The summed E-state index contributed by atoms with van der Waals surface area (Å²) >= 11 is 0. The third kappa shape index (κ3) is 3.14. The van der Waals surface area contributed by atoms with E-state index in [-0.39, 0.29) is 6.33 Å². The van der Waals surface area contributed by atoms with E-state index in [1.807, 2.05) is 0 Å². The molecule has 0 unspecified atom stereocenters. The summed E-state index contributed by atoms with van der Waals surface area (Å²) in [6.45, 7) is 0. The lowest BCUT2D eigenvalue weighted by Gasteiger charge is -1.68. The van der Waals surface area contributed by atoms with Gasteiger partial charge in [0.25, 0.3) is 0 Å². The van der Waals surface area contributed by atoms with Crippen molar-refractivity contribution in [3.05, 3.63) is 12.4 Å². The van der Waals surface area contributed by atoms with Crippen LogP contribution in [0.15, 0.2) is 12.4 Å². The van der Waals surface area contributed by atoms with Gasteiger partial charge in [-0.1, -0.05) is 0 Å². The van der Waals surface area contributed by atoms with E-state index in [0.717, 1.165) is 0 Å². The molecule has 34 valence electrons. The Bertz CT molecular complexity index is 78.9. The smallest absolute Gasteiger partial charge is 0.243 e. The molecule has 0 saturated heterocycles. The third-order valence-corrected chi connectivity index (χ3v) is 0.227. The molecule has 0 aliphatic heterocycles. The van der Waals surface area contributed by atoms with Crippen molar-refractivity contribution in [2.24, 2.45) is 5.73 Å². The standard InChI is InChI=1S/C3H4FNO/c4-2-1-3(5)6/h1-2H,(H2,5,6)/b2-1+. The molecule has 0 heterocycles. The van der Waals surface area contributed by atoms with Gasteiger partial charge in [-0.3, -0.25) is 4.79 Å². The van der Waals surface area contributed by atoms with E-state index in [1.165, 1.54) is 0 Å². The zero-order valence-electron chi connectivity index (χ0n) is 3.02. The number of carbonyl (C=O) groups excluding carboxylic acids is 1. The molecule has 3 heteroatoms. The SMILES string of the molecule is NC(=O)/C=C/F. The molecule has 0 aromatic carbocycles. The molecule has 2 N–H and O–H groups in total. The van der Waals surface area contributed by atoms with Crippen LogP contribution in [-0.2, 0) is 4.79 Å². The Labute approximate surface area is 34.4 Å². The minimum absolute atomic E-state index is 0.0995. The zero-order chi connectivity index (χ0) is 4.99. The minimum Gasteiger partial charge on any atom is -0.366 e. The predicted molar refractivity (Wildman–Crippen MR) is 19.4 cm³/mol. The van der Waals surface area contributed by atoms with E-state index in [9.17, 15) is 9.18 Å². The number of hydrogen-bond acceptors (Lipinski definition) is 1. The van der Waals surface area contributed by atoms with Gasteiger partial charge in [0, 0.05) is 6.08 Å². The molecule has 0 saturated carbocycles. The van der Waals surface area contributed by atoms with Crippen LogP contribution >= 0.6 is 0 Å². The highest BCUT2D eigenvalue weighted by molar-refractivity contribution is 5.85. The van der Waals surface area contributed by atoms with Gasteiger partial charge >= 0.3 is 0 Å².